The first-order valence-corrected chi connectivity index (χ1v) is 8.18. The molecule has 0 saturated heterocycles. The zero-order chi connectivity index (χ0) is 17.6. The molecule has 25 heavy (non-hydrogen) atoms. The van der Waals surface area contributed by atoms with E-state index in [2.05, 4.69) is 22.4 Å². The van der Waals surface area contributed by atoms with Gasteiger partial charge in [0, 0.05) is 6.04 Å². The summed E-state index contributed by atoms with van der Waals surface area (Å²) in [4.78, 5) is 16.4. The van der Waals surface area contributed by atoms with Crippen LogP contribution in [0.1, 0.15) is 29.4 Å². The molecule has 0 fully saturated rings. The molecule has 0 saturated carbocycles. The van der Waals surface area contributed by atoms with Gasteiger partial charge in [0.1, 0.15) is 5.82 Å². The van der Waals surface area contributed by atoms with Crippen LogP contribution in [0.5, 0.6) is 0 Å². The summed E-state index contributed by atoms with van der Waals surface area (Å²) < 4.78 is 19.2. The second-order valence-electron chi connectivity index (χ2n) is 5.91. The normalized spacial score (nSPS) is 11.9. The third-order valence-corrected chi connectivity index (χ3v) is 3.99. The summed E-state index contributed by atoms with van der Waals surface area (Å²) in [5.41, 5.74) is 1.54. The molecule has 1 heterocycles. The van der Waals surface area contributed by atoms with Gasteiger partial charge >= 0.3 is 0 Å². The predicted octanol–water partition coefficient (Wildman–Crippen LogP) is 4.23. The van der Waals surface area contributed by atoms with Gasteiger partial charge in [0.05, 0.1) is 5.56 Å². The maximum Gasteiger partial charge on any atom is 0.274 e. The number of aryl methyl sites for hydroxylation is 1. The summed E-state index contributed by atoms with van der Waals surface area (Å²) in [5.74, 6) is -0.677. The van der Waals surface area contributed by atoms with Crippen LogP contribution >= 0.6 is 0 Å². The predicted molar refractivity (Wildman–Crippen MR) is 93.6 cm³/mol. The van der Waals surface area contributed by atoms with E-state index in [0.717, 1.165) is 19.2 Å². The highest BCUT2D eigenvalue weighted by molar-refractivity contribution is 5.97. The van der Waals surface area contributed by atoms with Crippen LogP contribution in [0.25, 0.3) is 11.3 Å². The van der Waals surface area contributed by atoms with Crippen molar-refractivity contribution in [2.75, 3.05) is 0 Å². The lowest BCUT2D eigenvalue weighted by Gasteiger charge is -2.13. The monoisotopic (exact) mass is 338 g/mol. The number of aromatic nitrogens is 1. The van der Waals surface area contributed by atoms with E-state index in [1.807, 2.05) is 25.1 Å². The molecule has 0 bridgehead atoms. The Morgan fingerprint density at radius 2 is 1.88 bits per heavy atom. The van der Waals surface area contributed by atoms with Crippen molar-refractivity contribution in [3.05, 3.63) is 78.1 Å². The lowest BCUT2D eigenvalue weighted by atomic mass is 10.1. The first-order chi connectivity index (χ1) is 12.1. The van der Waals surface area contributed by atoms with Crippen molar-refractivity contribution in [3.63, 3.8) is 0 Å². The fourth-order valence-electron chi connectivity index (χ4n) is 2.64. The van der Waals surface area contributed by atoms with Crippen molar-refractivity contribution < 1.29 is 13.6 Å². The minimum Gasteiger partial charge on any atom is -0.443 e. The topological polar surface area (TPSA) is 55.1 Å². The first kappa shape index (κ1) is 16.9. The van der Waals surface area contributed by atoms with Gasteiger partial charge in [-0.05, 0) is 37.5 Å². The highest BCUT2D eigenvalue weighted by atomic mass is 19.1. The van der Waals surface area contributed by atoms with Crippen LogP contribution in [0, 0.1) is 5.82 Å². The van der Waals surface area contributed by atoms with E-state index in [4.69, 9.17) is 4.42 Å². The molecule has 1 atom stereocenters. The van der Waals surface area contributed by atoms with Crippen LogP contribution in [0.15, 0.2) is 65.4 Å². The van der Waals surface area contributed by atoms with Crippen molar-refractivity contribution in [3.8, 4) is 11.3 Å². The third kappa shape index (κ3) is 4.12. The number of hydrogen-bond acceptors (Lipinski definition) is 3. The molecular weight excluding hydrogens is 319 g/mol. The Bertz CT molecular complexity index is 846. The maximum atomic E-state index is 13.9. The van der Waals surface area contributed by atoms with E-state index in [0.29, 0.717) is 0 Å². The molecule has 2 aromatic carbocycles. The molecule has 3 aromatic rings. The van der Waals surface area contributed by atoms with Gasteiger partial charge in [-0.3, -0.25) is 4.79 Å². The van der Waals surface area contributed by atoms with Crippen molar-refractivity contribution in [2.24, 2.45) is 0 Å². The molecule has 1 amide bonds. The highest BCUT2D eigenvalue weighted by Crippen LogP contribution is 2.25. The van der Waals surface area contributed by atoms with E-state index in [1.54, 1.807) is 18.2 Å². The second kappa shape index (κ2) is 7.75. The zero-order valence-electron chi connectivity index (χ0n) is 13.9. The van der Waals surface area contributed by atoms with Gasteiger partial charge in [-0.1, -0.05) is 42.5 Å². The molecule has 3 rings (SSSR count). The minimum atomic E-state index is -0.453. The lowest BCUT2D eigenvalue weighted by Crippen LogP contribution is -2.33. The summed E-state index contributed by atoms with van der Waals surface area (Å²) in [6.45, 7) is 1.93. The number of amides is 1. The molecule has 0 radical (unpaired) electrons. The fourth-order valence-corrected chi connectivity index (χ4v) is 2.64. The lowest BCUT2D eigenvalue weighted by molar-refractivity contribution is 0.0934. The Morgan fingerprint density at radius 3 is 2.64 bits per heavy atom. The quantitative estimate of drug-likeness (QED) is 0.732. The Morgan fingerprint density at radius 1 is 1.16 bits per heavy atom. The van der Waals surface area contributed by atoms with E-state index >= 15 is 0 Å². The number of oxazole rings is 1. The van der Waals surface area contributed by atoms with Gasteiger partial charge in [0.25, 0.3) is 5.91 Å². The Balaban J connectivity index is 1.66. The van der Waals surface area contributed by atoms with E-state index in [-0.39, 0.29) is 29.0 Å². The standard InChI is InChI=1S/C20H19FN2O2/c1-14(11-12-15-7-3-2-4-8-15)23-20(24)18-19(25-13-22-18)16-9-5-6-10-17(16)21/h2-10,13-14H,11-12H2,1H3,(H,23,24). The SMILES string of the molecule is CC(CCc1ccccc1)NC(=O)c1ncoc1-c1ccccc1F. The van der Waals surface area contributed by atoms with Gasteiger partial charge in [0.2, 0.25) is 0 Å². The summed E-state index contributed by atoms with van der Waals surface area (Å²) in [7, 11) is 0. The summed E-state index contributed by atoms with van der Waals surface area (Å²) >= 11 is 0. The van der Waals surface area contributed by atoms with Crippen LogP contribution in [0.4, 0.5) is 4.39 Å². The number of hydrogen-bond donors (Lipinski definition) is 1. The van der Waals surface area contributed by atoms with Gasteiger partial charge in [0.15, 0.2) is 17.8 Å². The molecular formula is C20H19FN2O2. The average molecular weight is 338 g/mol. The van der Waals surface area contributed by atoms with Gasteiger partial charge in [-0.15, -0.1) is 0 Å². The molecule has 5 heteroatoms. The van der Waals surface area contributed by atoms with E-state index in [1.165, 1.54) is 11.6 Å². The zero-order valence-corrected chi connectivity index (χ0v) is 13.9. The number of carbonyl (C=O) groups excluding carboxylic acids is 1. The minimum absolute atomic E-state index is 0.0436. The number of nitrogens with one attached hydrogen (secondary N) is 1. The Hall–Kier alpha value is -2.95. The van der Waals surface area contributed by atoms with Crippen molar-refractivity contribution in [2.45, 2.75) is 25.8 Å². The highest BCUT2D eigenvalue weighted by Gasteiger charge is 2.21. The number of halogens is 1. The molecule has 1 N–H and O–H groups in total. The Kier molecular flexibility index (Phi) is 5.23. The van der Waals surface area contributed by atoms with Crippen LogP contribution in [-0.2, 0) is 6.42 Å². The second-order valence-corrected chi connectivity index (χ2v) is 5.91. The van der Waals surface area contributed by atoms with Crippen molar-refractivity contribution >= 4 is 5.91 Å². The van der Waals surface area contributed by atoms with Crippen LogP contribution in [-0.4, -0.2) is 16.9 Å². The molecule has 1 aromatic heterocycles. The van der Waals surface area contributed by atoms with Crippen molar-refractivity contribution in [1.82, 2.24) is 10.3 Å². The average Bonchev–Trinajstić information content (AvgIpc) is 3.11. The molecule has 0 aliphatic carbocycles. The summed E-state index contributed by atoms with van der Waals surface area (Å²) in [5, 5.41) is 2.90. The Labute approximate surface area is 145 Å². The molecule has 1 unspecified atom stereocenters. The summed E-state index contributed by atoms with van der Waals surface area (Å²) in [6.07, 6.45) is 2.81. The largest absolute Gasteiger partial charge is 0.443 e. The fraction of sp³-hybridized carbons (Fsp3) is 0.200. The van der Waals surface area contributed by atoms with E-state index < -0.39 is 5.82 Å². The van der Waals surface area contributed by atoms with Crippen LogP contribution < -0.4 is 5.32 Å². The molecule has 0 spiro atoms. The van der Waals surface area contributed by atoms with E-state index in [9.17, 15) is 9.18 Å². The number of benzene rings is 2. The van der Waals surface area contributed by atoms with Crippen LogP contribution in [0.3, 0.4) is 0 Å². The van der Waals surface area contributed by atoms with Crippen molar-refractivity contribution in [1.29, 1.82) is 0 Å². The third-order valence-electron chi connectivity index (χ3n) is 3.99. The van der Waals surface area contributed by atoms with Crippen LogP contribution in [0.2, 0.25) is 0 Å². The van der Waals surface area contributed by atoms with Gasteiger partial charge in [-0.25, -0.2) is 9.37 Å². The number of rotatable bonds is 6. The molecule has 0 aliphatic heterocycles. The number of nitrogens with zero attached hydrogens (tertiary/aromatic N) is 1. The molecule has 128 valence electrons. The van der Waals surface area contributed by atoms with Gasteiger partial charge in [-0.2, -0.15) is 0 Å². The smallest absolute Gasteiger partial charge is 0.274 e. The number of carbonyl (C=O) groups is 1. The molecule has 0 aliphatic rings. The van der Waals surface area contributed by atoms with Gasteiger partial charge < -0.3 is 9.73 Å². The first-order valence-electron chi connectivity index (χ1n) is 8.18. The summed E-state index contributed by atoms with van der Waals surface area (Å²) in [6, 6.07) is 16.2. The molecule has 4 nitrogen and oxygen atoms in total. The maximum absolute atomic E-state index is 13.9.